The van der Waals surface area contributed by atoms with E-state index in [1.165, 1.54) is 38.5 Å². The fraction of sp³-hybridized carbons (Fsp3) is 0.765. The smallest absolute Gasteiger partial charge is 0.132 e. The zero-order valence-electron chi connectivity index (χ0n) is 13.6. The van der Waals surface area contributed by atoms with Crippen LogP contribution in [0.25, 0.3) is 0 Å². The van der Waals surface area contributed by atoms with Crippen molar-refractivity contribution in [2.45, 2.75) is 65.2 Å². The Morgan fingerprint density at radius 3 is 2.33 bits per heavy atom. The minimum absolute atomic E-state index is 0.873. The molecule has 118 valence electrons. The molecule has 0 spiro atoms. The molecule has 1 aliphatic carbocycles. The van der Waals surface area contributed by atoms with Crippen molar-refractivity contribution in [2.24, 2.45) is 5.92 Å². The summed E-state index contributed by atoms with van der Waals surface area (Å²) in [4.78, 5) is 9.09. The molecule has 4 nitrogen and oxygen atoms in total. The van der Waals surface area contributed by atoms with Crippen molar-refractivity contribution >= 4 is 11.6 Å². The van der Waals surface area contributed by atoms with Gasteiger partial charge < -0.3 is 10.6 Å². The highest BCUT2D eigenvalue weighted by Gasteiger charge is 2.14. The van der Waals surface area contributed by atoms with Gasteiger partial charge in [0.05, 0.1) is 0 Å². The van der Waals surface area contributed by atoms with Crippen LogP contribution in [0.5, 0.6) is 0 Å². The standard InChI is InChI=1S/C17H30N4/c1-3-11-18-16-13-17(21-15(4-2)20-16)19-12-7-10-14-8-5-6-9-14/h13-14H,3-12H2,1-2H3,(H2,18,19,20,21). The summed E-state index contributed by atoms with van der Waals surface area (Å²) in [5.41, 5.74) is 0. The van der Waals surface area contributed by atoms with E-state index in [1.54, 1.807) is 0 Å². The molecule has 1 fully saturated rings. The molecule has 1 aromatic heterocycles. The van der Waals surface area contributed by atoms with Gasteiger partial charge in [-0.25, -0.2) is 9.97 Å². The van der Waals surface area contributed by atoms with Crippen molar-refractivity contribution in [3.63, 3.8) is 0 Å². The molecule has 0 radical (unpaired) electrons. The second-order valence-electron chi connectivity index (χ2n) is 6.05. The van der Waals surface area contributed by atoms with E-state index >= 15 is 0 Å². The van der Waals surface area contributed by atoms with Gasteiger partial charge in [0.1, 0.15) is 17.5 Å². The summed E-state index contributed by atoms with van der Waals surface area (Å²) in [6, 6.07) is 2.03. The van der Waals surface area contributed by atoms with Crippen LogP contribution in [0.3, 0.4) is 0 Å². The molecule has 4 heteroatoms. The van der Waals surface area contributed by atoms with Gasteiger partial charge in [0.25, 0.3) is 0 Å². The molecular weight excluding hydrogens is 260 g/mol. The lowest BCUT2D eigenvalue weighted by Crippen LogP contribution is -2.10. The first-order valence-electron chi connectivity index (χ1n) is 8.67. The Balaban J connectivity index is 1.80. The molecular formula is C17H30N4. The van der Waals surface area contributed by atoms with Crippen molar-refractivity contribution in [3.05, 3.63) is 11.9 Å². The summed E-state index contributed by atoms with van der Waals surface area (Å²) < 4.78 is 0. The van der Waals surface area contributed by atoms with Crippen molar-refractivity contribution in [1.29, 1.82) is 0 Å². The topological polar surface area (TPSA) is 49.8 Å². The second-order valence-corrected chi connectivity index (χ2v) is 6.05. The predicted molar refractivity (Wildman–Crippen MR) is 89.9 cm³/mol. The van der Waals surface area contributed by atoms with Crippen molar-refractivity contribution < 1.29 is 0 Å². The van der Waals surface area contributed by atoms with Crippen LogP contribution >= 0.6 is 0 Å². The molecule has 2 N–H and O–H groups in total. The van der Waals surface area contributed by atoms with Gasteiger partial charge in [0.2, 0.25) is 0 Å². The van der Waals surface area contributed by atoms with Gasteiger partial charge in [0, 0.05) is 25.6 Å². The Hall–Kier alpha value is -1.32. The number of anilines is 2. The van der Waals surface area contributed by atoms with Crippen LogP contribution in [0.2, 0.25) is 0 Å². The van der Waals surface area contributed by atoms with E-state index in [4.69, 9.17) is 0 Å². The van der Waals surface area contributed by atoms with E-state index in [2.05, 4.69) is 34.4 Å². The summed E-state index contributed by atoms with van der Waals surface area (Å²) in [6.07, 6.45) is 10.4. The zero-order valence-corrected chi connectivity index (χ0v) is 13.6. The van der Waals surface area contributed by atoms with E-state index in [0.717, 1.165) is 49.3 Å². The third-order valence-corrected chi connectivity index (χ3v) is 4.21. The Labute approximate surface area is 129 Å². The molecule has 1 aliphatic rings. The highest BCUT2D eigenvalue weighted by atomic mass is 15.1. The SMILES string of the molecule is CCCNc1cc(NCCCC2CCCC2)nc(CC)n1. The fourth-order valence-electron chi connectivity index (χ4n) is 3.00. The number of aromatic nitrogens is 2. The van der Waals surface area contributed by atoms with Crippen LogP contribution in [0.1, 0.15) is 64.6 Å². The highest BCUT2D eigenvalue weighted by Crippen LogP contribution is 2.28. The highest BCUT2D eigenvalue weighted by molar-refractivity contribution is 5.47. The Kier molecular flexibility index (Phi) is 6.77. The third-order valence-electron chi connectivity index (χ3n) is 4.21. The molecule has 0 aliphatic heterocycles. The molecule has 0 bridgehead atoms. The minimum Gasteiger partial charge on any atom is -0.370 e. The zero-order chi connectivity index (χ0) is 14.9. The van der Waals surface area contributed by atoms with E-state index in [9.17, 15) is 0 Å². The lowest BCUT2D eigenvalue weighted by Gasteiger charge is -2.12. The van der Waals surface area contributed by atoms with Gasteiger partial charge >= 0.3 is 0 Å². The normalized spacial score (nSPS) is 15.3. The van der Waals surface area contributed by atoms with Crippen LogP contribution in [-0.2, 0) is 6.42 Å². The number of nitrogens with zero attached hydrogens (tertiary/aromatic N) is 2. The number of hydrogen-bond acceptors (Lipinski definition) is 4. The Morgan fingerprint density at radius 2 is 1.71 bits per heavy atom. The lowest BCUT2D eigenvalue weighted by atomic mass is 10.0. The van der Waals surface area contributed by atoms with Crippen molar-refractivity contribution in [1.82, 2.24) is 9.97 Å². The molecule has 21 heavy (non-hydrogen) atoms. The summed E-state index contributed by atoms with van der Waals surface area (Å²) >= 11 is 0. The predicted octanol–water partition coefficient (Wildman–Crippen LogP) is 4.24. The van der Waals surface area contributed by atoms with E-state index in [-0.39, 0.29) is 0 Å². The van der Waals surface area contributed by atoms with Crippen LogP contribution in [0.15, 0.2) is 6.07 Å². The number of rotatable bonds is 9. The quantitative estimate of drug-likeness (QED) is 0.668. The minimum atomic E-state index is 0.873. The Morgan fingerprint density at radius 1 is 1.05 bits per heavy atom. The average molecular weight is 290 g/mol. The Bertz CT molecular complexity index is 413. The molecule has 1 heterocycles. The van der Waals surface area contributed by atoms with Crippen LogP contribution in [0.4, 0.5) is 11.6 Å². The summed E-state index contributed by atoms with van der Waals surface area (Å²) in [5, 5.41) is 6.82. The molecule has 0 amide bonds. The largest absolute Gasteiger partial charge is 0.370 e. The molecule has 1 aromatic rings. The number of nitrogens with one attached hydrogen (secondary N) is 2. The van der Waals surface area contributed by atoms with Crippen molar-refractivity contribution in [3.8, 4) is 0 Å². The lowest BCUT2D eigenvalue weighted by molar-refractivity contribution is 0.491. The van der Waals surface area contributed by atoms with Gasteiger partial charge in [-0.15, -0.1) is 0 Å². The fourth-order valence-corrected chi connectivity index (χ4v) is 3.00. The molecule has 0 saturated heterocycles. The maximum absolute atomic E-state index is 4.57. The maximum atomic E-state index is 4.57. The van der Waals surface area contributed by atoms with E-state index in [1.807, 2.05) is 6.07 Å². The number of aryl methyl sites for hydroxylation is 1. The first kappa shape index (κ1) is 16.1. The summed E-state index contributed by atoms with van der Waals surface area (Å²) in [6.45, 7) is 6.24. The monoisotopic (exact) mass is 290 g/mol. The van der Waals surface area contributed by atoms with Crippen LogP contribution in [-0.4, -0.2) is 23.1 Å². The van der Waals surface area contributed by atoms with Crippen LogP contribution < -0.4 is 10.6 Å². The molecule has 1 saturated carbocycles. The summed E-state index contributed by atoms with van der Waals surface area (Å²) in [7, 11) is 0. The van der Waals surface area contributed by atoms with E-state index in [0.29, 0.717) is 0 Å². The molecule has 0 unspecified atom stereocenters. The van der Waals surface area contributed by atoms with Crippen LogP contribution in [0, 0.1) is 5.92 Å². The average Bonchev–Trinajstić information content (AvgIpc) is 3.02. The van der Waals surface area contributed by atoms with Gasteiger partial charge in [-0.2, -0.15) is 0 Å². The maximum Gasteiger partial charge on any atom is 0.132 e. The number of hydrogen-bond donors (Lipinski definition) is 2. The molecule has 0 aromatic carbocycles. The van der Waals surface area contributed by atoms with Gasteiger partial charge in [-0.1, -0.05) is 39.5 Å². The van der Waals surface area contributed by atoms with E-state index < -0.39 is 0 Å². The van der Waals surface area contributed by atoms with Gasteiger partial charge in [-0.3, -0.25) is 0 Å². The second kappa shape index (κ2) is 8.85. The van der Waals surface area contributed by atoms with Gasteiger partial charge in [0.15, 0.2) is 0 Å². The first-order chi connectivity index (χ1) is 10.3. The van der Waals surface area contributed by atoms with Crippen molar-refractivity contribution in [2.75, 3.05) is 23.7 Å². The molecule has 0 atom stereocenters. The van der Waals surface area contributed by atoms with Gasteiger partial charge in [-0.05, 0) is 25.2 Å². The first-order valence-corrected chi connectivity index (χ1v) is 8.67. The third kappa shape index (κ3) is 5.52. The molecule has 2 rings (SSSR count). The summed E-state index contributed by atoms with van der Waals surface area (Å²) in [5.74, 6) is 3.80.